The van der Waals surface area contributed by atoms with Crippen molar-refractivity contribution >= 4 is 21.7 Å². The summed E-state index contributed by atoms with van der Waals surface area (Å²) in [6.45, 7) is 4.16. The fourth-order valence-electron chi connectivity index (χ4n) is 1.51. The Hall–Kier alpha value is -0.870. The Morgan fingerprint density at radius 2 is 2.12 bits per heavy atom. The van der Waals surface area contributed by atoms with E-state index >= 15 is 0 Å². The standard InChI is InChI=1S/C12H16BrNO2/c1-7(2)8-5-12(16-3)9(4-10(8)13)11(15)6-14/h4-5,7H,6,14H2,1-3H3. The van der Waals surface area contributed by atoms with Crippen molar-refractivity contribution < 1.29 is 9.53 Å². The van der Waals surface area contributed by atoms with Crippen LogP contribution in [0.5, 0.6) is 5.75 Å². The quantitative estimate of drug-likeness (QED) is 0.866. The molecule has 0 saturated heterocycles. The zero-order chi connectivity index (χ0) is 12.3. The molecule has 0 aliphatic heterocycles. The van der Waals surface area contributed by atoms with Crippen LogP contribution >= 0.6 is 15.9 Å². The van der Waals surface area contributed by atoms with Crippen molar-refractivity contribution in [2.24, 2.45) is 5.73 Å². The lowest BCUT2D eigenvalue weighted by Gasteiger charge is -2.13. The molecule has 0 spiro atoms. The molecule has 4 heteroatoms. The van der Waals surface area contributed by atoms with Crippen LogP contribution in [0.4, 0.5) is 0 Å². The first-order valence-electron chi connectivity index (χ1n) is 5.12. The predicted molar refractivity (Wildman–Crippen MR) is 68.2 cm³/mol. The van der Waals surface area contributed by atoms with Gasteiger partial charge in [0.1, 0.15) is 5.75 Å². The number of nitrogens with two attached hydrogens (primary N) is 1. The molecular formula is C12H16BrNO2. The number of ketones is 1. The third-order valence-corrected chi connectivity index (χ3v) is 3.11. The molecule has 0 aliphatic rings. The zero-order valence-electron chi connectivity index (χ0n) is 9.71. The van der Waals surface area contributed by atoms with Gasteiger partial charge in [-0.3, -0.25) is 4.79 Å². The molecule has 0 amide bonds. The van der Waals surface area contributed by atoms with Crippen LogP contribution in [0.25, 0.3) is 0 Å². The fourth-order valence-corrected chi connectivity index (χ4v) is 2.31. The lowest BCUT2D eigenvalue weighted by Crippen LogP contribution is -2.15. The van der Waals surface area contributed by atoms with Crippen LogP contribution in [0.15, 0.2) is 16.6 Å². The molecule has 3 nitrogen and oxygen atoms in total. The number of halogens is 1. The number of rotatable bonds is 4. The molecule has 1 aromatic carbocycles. The first kappa shape index (κ1) is 13.2. The largest absolute Gasteiger partial charge is 0.496 e. The van der Waals surface area contributed by atoms with Gasteiger partial charge in [-0.25, -0.2) is 0 Å². The number of methoxy groups -OCH3 is 1. The molecule has 1 rings (SSSR count). The molecule has 0 heterocycles. The zero-order valence-corrected chi connectivity index (χ0v) is 11.3. The number of ether oxygens (including phenoxy) is 1. The number of carbonyl (C=O) groups is 1. The number of Topliss-reactive ketones (excluding diaryl/α,β-unsaturated/α-hetero) is 1. The van der Waals surface area contributed by atoms with Crippen LogP contribution < -0.4 is 10.5 Å². The molecule has 0 unspecified atom stereocenters. The molecule has 2 N–H and O–H groups in total. The van der Waals surface area contributed by atoms with Gasteiger partial charge in [-0.15, -0.1) is 0 Å². The smallest absolute Gasteiger partial charge is 0.180 e. The van der Waals surface area contributed by atoms with Crippen LogP contribution in [-0.2, 0) is 0 Å². The van der Waals surface area contributed by atoms with Crippen LogP contribution in [-0.4, -0.2) is 19.4 Å². The highest BCUT2D eigenvalue weighted by Gasteiger charge is 2.15. The van der Waals surface area contributed by atoms with E-state index in [9.17, 15) is 4.79 Å². The minimum absolute atomic E-state index is 0.0101. The molecule has 0 atom stereocenters. The number of carbonyl (C=O) groups excluding carboxylic acids is 1. The third kappa shape index (κ3) is 2.62. The summed E-state index contributed by atoms with van der Waals surface area (Å²) in [7, 11) is 1.56. The second-order valence-corrected chi connectivity index (χ2v) is 4.71. The molecular weight excluding hydrogens is 270 g/mol. The predicted octanol–water partition coefficient (Wildman–Crippen LogP) is 2.72. The lowest BCUT2D eigenvalue weighted by molar-refractivity contribution is 0.0998. The molecule has 0 aliphatic carbocycles. The Morgan fingerprint density at radius 3 is 2.56 bits per heavy atom. The van der Waals surface area contributed by atoms with Crippen molar-refractivity contribution in [2.75, 3.05) is 13.7 Å². The van der Waals surface area contributed by atoms with Gasteiger partial charge in [-0.05, 0) is 23.6 Å². The summed E-state index contributed by atoms with van der Waals surface area (Å²) in [5.74, 6) is 0.834. The Kier molecular flexibility index (Phi) is 4.50. The molecule has 88 valence electrons. The summed E-state index contributed by atoms with van der Waals surface area (Å²) in [6, 6.07) is 3.67. The van der Waals surface area contributed by atoms with Crippen molar-refractivity contribution in [3.63, 3.8) is 0 Å². The van der Waals surface area contributed by atoms with Crippen molar-refractivity contribution in [2.45, 2.75) is 19.8 Å². The molecule has 0 fully saturated rings. The van der Waals surface area contributed by atoms with Crippen molar-refractivity contribution in [3.05, 3.63) is 27.7 Å². The highest BCUT2D eigenvalue weighted by molar-refractivity contribution is 9.10. The Balaban J connectivity index is 3.32. The van der Waals surface area contributed by atoms with E-state index in [1.54, 1.807) is 13.2 Å². The maximum atomic E-state index is 11.6. The van der Waals surface area contributed by atoms with Crippen molar-refractivity contribution in [1.29, 1.82) is 0 Å². The van der Waals surface area contributed by atoms with E-state index in [4.69, 9.17) is 10.5 Å². The van der Waals surface area contributed by atoms with E-state index in [-0.39, 0.29) is 12.3 Å². The van der Waals surface area contributed by atoms with Gasteiger partial charge in [0.25, 0.3) is 0 Å². The van der Waals surface area contributed by atoms with E-state index in [1.165, 1.54) is 0 Å². The SMILES string of the molecule is COc1cc(C(C)C)c(Br)cc1C(=O)CN. The van der Waals surface area contributed by atoms with E-state index in [1.807, 2.05) is 6.07 Å². The third-order valence-electron chi connectivity index (χ3n) is 2.43. The molecule has 16 heavy (non-hydrogen) atoms. The maximum Gasteiger partial charge on any atom is 0.180 e. The minimum atomic E-state index is -0.118. The molecule has 0 radical (unpaired) electrons. The van der Waals surface area contributed by atoms with Crippen LogP contribution in [0.1, 0.15) is 35.7 Å². The first-order valence-corrected chi connectivity index (χ1v) is 5.91. The van der Waals surface area contributed by atoms with Gasteiger partial charge in [-0.2, -0.15) is 0 Å². The number of benzene rings is 1. The summed E-state index contributed by atoms with van der Waals surface area (Å²) in [6.07, 6.45) is 0. The van der Waals surface area contributed by atoms with Crippen LogP contribution in [0.3, 0.4) is 0 Å². The summed E-state index contributed by atoms with van der Waals surface area (Å²) >= 11 is 3.46. The normalized spacial score (nSPS) is 10.6. The van der Waals surface area contributed by atoms with E-state index < -0.39 is 0 Å². The molecule has 0 saturated carbocycles. The Labute approximate surface area is 104 Å². The van der Waals surface area contributed by atoms with Gasteiger partial charge < -0.3 is 10.5 Å². The summed E-state index contributed by atoms with van der Waals surface area (Å²) in [5.41, 5.74) is 7.00. The minimum Gasteiger partial charge on any atom is -0.496 e. The van der Waals surface area contributed by atoms with E-state index in [0.29, 0.717) is 17.2 Å². The van der Waals surface area contributed by atoms with Crippen molar-refractivity contribution in [3.8, 4) is 5.75 Å². The van der Waals surface area contributed by atoms with Gasteiger partial charge in [0.15, 0.2) is 5.78 Å². The van der Waals surface area contributed by atoms with Gasteiger partial charge in [0, 0.05) is 4.47 Å². The lowest BCUT2D eigenvalue weighted by atomic mass is 9.99. The second kappa shape index (κ2) is 5.46. The van der Waals surface area contributed by atoms with Gasteiger partial charge in [0.05, 0.1) is 19.2 Å². The van der Waals surface area contributed by atoms with E-state index in [0.717, 1.165) is 10.0 Å². The van der Waals surface area contributed by atoms with Gasteiger partial charge >= 0.3 is 0 Å². The monoisotopic (exact) mass is 285 g/mol. The average Bonchev–Trinajstić information content (AvgIpc) is 2.27. The molecule has 1 aromatic rings. The van der Waals surface area contributed by atoms with E-state index in [2.05, 4.69) is 29.8 Å². The summed E-state index contributed by atoms with van der Waals surface area (Å²) < 4.78 is 6.13. The van der Waals surface area contributed by atoms with Crippen LogP contribution in [0, 0.1) is 0 Å². The molecule has 0 aromatic heterocycles. The number of hydrogen-bond donors (Lipinski definition) is 1. The van der Waals surface area contributed by atoms with Gasteiger partial charge in [0.2, 0.25) is 0 Å². The highest BCUT2D eigenvalue weighted by Crippen LogP contribution is 2.32. The Bertz CT molecular complexity index is 402. The summed E-state index contributed by atoms with van der Waals surface area (Å²) in [4.78, 5) is 11.6. The Morgan fingerprint density at radius 1 is 1.50 bits per heavy atom. The number of hydrogen-bond acceptors (Lipinski definition) is 3. The molecule has 0 bridgehead atoms. The second-order valence-electron chi connectivity index (χ2n) is 3.86. The first-order chi connectivity index (χ1) is 7.51. The van der Waals surface area contributed by atoms with Gasteiger partial charge in [-0.1, -0.05) is 29.8 Å². The topological polar surface area (TPSA) is 52.3 Å². The van der Waals surface area contributed by atoms with Crippen LogP contribution in [0.2, 0.25) is 0 Å². The highest BCUT2D eigenvalue weighted by atomic mass is 79.9. The van der Waals surface area contributed by atoms with Crippen molar-refractivity contribution in [1.82, 2.24) is 0 Å². The fraction of sp³-hybridized carbons (Fsp3) is 0.417. The maximum absolute atomic E-state index is 11.6. The average molecular weight is 286 g/mol. The summed E-state index contributed by atoms with van der Waals surface area (Å²) in [5, 5.41) is 0.